The Morgan fingerprint density at radius 1 is 1.32 bits per heavy atom. The van der Waals surface area contributed by atoms with Crippen molar-refractivity contribution in [3.8, 4) is 0 Å². The number of aromatic nitrogens is 2. The number of thiophene rings is 1. The highest BCUT2D eigenvalue weighted by molar-refractivity contribution is 7.10. The van der Waals surface area contributed by atoms with Gasteiger partial charge in [0.1, 0.15) is 5.82 Å². The van der Waals surface area contributed by atoms with Crippen molar-refractivity contribution in [1.82, 2.24) is 9.78 Å². The fraction of sp³-hybridized carbons (Fsp3) is 0.267. The van der Waals surface area contributed by atoms with Gasteiger partial charge in [0.25, 0.3) is 0 Å². The second-order valence-corrected chi connectivity index (χ2v) is 5.96. The first-order chi connectivity index (χ1) is 9.34. The summed E-state index contributed by atoms with van der Waals surface area (Å²) in [6, 6.07) is 10.9. The van der Waals surface area contributed by atoms with Crippen LogP contribution in [-0.2, 0) is 0 Å². The number of nitrogens with one attached hydrogen (secondary N) is 1. The first kappa shape index (κ1) is 11.1. The third-order valence-corrected chi connectivity index (χ3v) is 4.93. The lowest BCUT2D eigenvalue weighted by molar-refractivity contribution is 0.491. The van der Waals surface area contributed by atoms with Gasteiger partial charge >= 0.3 is 0 Å². The van der Waals surface area contributed by atoms with Gasteiger partial charge in [0.05, 0.1) is 11.6 Å². The van der Waals surface area contributed by atoms with Gasteiger partial charge in [-0.15, -0.1) is 11.3 Å². The number of anilines is 1. The predicted octanol–water partition coefficient (Wildman–Crippen LogP) is 3.81. The summed E-state index contributed by atoms with van der Waals surface area (Å²) in [5.41, 5.74) is 2.45. The molecule has 0 saturated carbocycles. The van der Waals surface area contributed by atoms with Crippen LogP contribution in [0.1, 0.15) is 22.9 Å². The predicted molar refractivity (Wildman–Crippen MR) is 80.0 cm³/mol. The van der Waals surface area contributed by atoms with Crippen molar-refractivity contribution in [2.24, 2.45) is 0 Å². The van der Waals surface area contributed by atoms with Crippen LogP contribution in [0.25, 0.3) is 10.9 Å². The van der Waals surface area contributed by atoms with Gasteiger partial charge in [0.15, 0.2) is 0 Å². The minimum atomic E-state index is 0.378. The van der Waals surface area contributed by atoms with Gasteiger partial charge in [-0.1, -0.05) is 12.1 Å². The van der Waals surface area contributed by atoms with Crippen LogP contribution in [0.5, 0.6) is 0 Å². The molecule has 3 heterocycles. The Kier molecular flexibility index (Phi) is 2.38. The molecule has 1 atom stereocenters. The minimum absolute atomic E-state index is 0.378. The molecule has 1 aliphatic heterocycles. The third-order valence-electron chi connectivity index (χ3n) is 3.81. The highest BCUT2D eigenvalue weighted by Crippen LogP contribution is 2.37. The van der Waals surface area contributed by atoms with Gasteiger partial charge in [0, 0.05) is 16.8 Å². The van der Waals surface area contributed by atoms with Crippen LogP contribution in [-0.4, -0.2) is 16.3 Å². The summed E-state index contributed by atoms with van der Waals surface area (Å²) < 4.78 is 2.17. The average Bonchev–Trinajstić information content (AvgIpc) is 3.02. The Hall–Kier alpha value is -1.81. The maximum absolute atomic E-state index is 4.79. The zero-order chi connectivity index (χ0) is 12.8. The molecule has 0 fully saturated rings. The molecule has 96 valence electrons. The quantitative estimate of drug-likeness (QED) is 0.728. The van der Waals surface area contributed by atoms with E-state index in [9.17, 15) is 0 Å². The Morgan fingerprint density at radius 3 is 3.05 bits per heavy atom. The lowest BCUT2D eigenvalue weighted by atomic mass is 10.1. The maximum atomic E-state index is 4.79. The Bertz CT molecular complexity index is 741. The lowest BCUT2D eigenvalue weighted by Gasteiger charge is -2.25. The van der Waals surface area contributed by atoms with Crippen LogP contribution in [0.3, 0.4) is 0 Å². The van der Waals surface area contributed by atoms with E-state index in [0.717, 1.165) is 18.5 Å². The molecule has 1 unspecified atom stereocenters. The molecular weight excluding hydrogens is 254 g/mol. The van der Waals surface area contributed by atoms with E-state index in [0.29, 0.717) is 6.04 Å². The molecule has 0 amide bonds. The minimum Gasteiger partial charge on any atom is -0.370 e. The summed E-state index contributed by atoms with van der Waals surface area (Å²) >= 11 is 1.84. The molecule has 0 bridgehead atoms. The van der Waals surface area contributed by atoms with Crippen LogP contribution in [0, 0.1) is 6.92 Å². The van der Waals surface area contributed by atoms with Crippen molar-refractivity contribution in [1.29, 1.82) is 0 Å². The molecule has 0 aliphatic carbocycles. The van der Waals surface area contributed by atoms with Crippen LogP contribution in [0.4, 0.5) is 5.82 Å². The smallest absolute Gasteiger partial charge is 0.133 e. The third kappa shape index (κ3) is 1.60. The van der Waals surface area contributed by atoms with Crippen molar-refractivity contribution < 1.29 is 0 Å². The molecule has 3 aromatic rings. The fourth-order valence-electron chi connectivity index (χ4n) is 2.87. The lowest BCUT2D eigenvalue weighted by Crippen LogP contribution is -2.24. The van der Waals surface area contributed by atoms with Crippen molar-refractivity contribution in [3.63, 3.8) is 0 Å². The molecule has 3 nitrogen and oxygen atoms in total. The number of nitrogens with zero attached hydrogens (tertiary/aromatic N) is 2. The van der Waals surface area contributed by atoms with Crippen molar-refractivity contribution >= 4 is 28.1 Å². The van der Waals surface area contributed by atoms with Crippen LogP contribution in [0.15, 0.2) is 35.7 Å². The van der Waals surface area contributed by atoms with Gasteiger partial charge in [-0.05, 0) is 42.5 Å². The zero-order valence-corrected chi connectivity index (χ0v) is 11.6. The summed E-state index contributed by atoms with van der Waals surface area (Å²) in [5.74, 6) is 1.17. The van der Waals surface area contributed by atoms with E-state index in [4.69, 9.17) is 5.10 Å². The standard InChI is InChI=1S/C15H15N3S/c1-10-7-9-19-14(10)13-6-8-16-15-11-4-2-3-5-12(11)17-18(13)15/h2-5,7,9,13,16H,6,8H2,1H3. The molecule has 1 aliphatic rings. The van der Waals surface area contributed by atoms with Gasteiger partial charge in [-0.25, -0.2) is 4.68 Å². The van der Waals surface area contributed by atoms with Crippen molar-refractivity contribution in [2.45, 2.75) is 19.4 Å². The molecule has 2 aromatic heterocycles. The van der Waals surface area contributed by atoms with Crippen LogP contribution in [0.2, 0.25) is 0 Å². The SMILES string of the molecule is Cc1ccsc1C1CCNc2c3ccccc3nn21. The highest BCUT2D eigenvalue weighted by atomic mass is 32.1. The number of benzene rings is 1. The number of hydrogen-bond donors (Lipinski definition) is 1. The van der Waals surface area contributed by atoms with Gasteiger partial charge in [0.2, 0.25) is 0 Å². The van der Waals surface area contributed by atoms with Crippen LogP contribution < -0.4 is 5.32 Å². The van der Waals surface area contributed by atoms with Gasteiger partial charge in [-0.3, -0.25) is 0 Å². The van der Waals surface area contributed by atoms with E-state index in [1.807, 2.05) is 17.4 Å². The molecule has 4 heteroatoms. The molecule has 1 N–H and O–H groups in total. The van der Waals surface area contributed by atoms with Crippen molar-refractivity contribution in [2.75, 3.05) is 11.9 Å². The average molecular weight is 269 g/mol. The Morgan fingerprint density at radius 2 is 2.21 bits per heavy atom. The summed E-state index contributed by atoms with van der Waals surface area (Å²) in [6.07, 6.45) is 1.10. The van der Waals surface area contributed by atoms with E-state index in [-0.39, 0.29) is 0 Å². The fourth-order valence-corrected chi connectivity index (χ4v) is 3.92. The van der Waals surface area contributed by atoms with E-state index >= 15 is 0 Å². The molecule has 0 radical (unpaired) electrons. The van der Waals surface area contributed by atoms with E-state index < -0.39 is 0 Å². The van der Waals surface area contributed by atoms with Crippen LogP contribution >= 0.6 is 11.3 Å². The molecular formula is C15H15N3S. The van der Waals surface area contributed by atoms with Crippen molar-refractivity contribution in [3.05, 3.63) is 46.2 Å². The topological polar surface area (TPSA) is 29.9 Å². The molecule has 19 heavy (non-hydrogen) atoms. The van der Waals surface area contributed by atoms with E-state index in [1.54, 1.807) is 0 Å². The highest BCUT2D eigenvalue weighted by Gasteiger charge is 2.26. The van der Waals surface area contributed by atoms with E-state index in [2.05, 4.69) is 46.6 Å². The second kappa shape index (κ2) is 4.10. The first-order valence-electron chi connectivity index (χ1n) is 6.60. The normalized spacial score (nSPS) is 18.3. The Labute approximate surface area is 115 Å². The molecule has 4 rings (SSSR count). The largest absolute Gasteiger partial charge is 0.370 e. The number of rotatable bonds is 1. The van der Waals surface area contributed by atoms with E-state index in [1.165, 1.54) is 21.6 Å². The summed E-state index contributed by atoms with van der Waals surface area (Å²) in [5, 5.41) is 11.7. The monoisotopic (exact) mass is 269 g/mol. The maximum Gasteiger partial charge on any atom is 0.133 e. The molecule has 0 saturated heterocycles. The summed E-state index contributed by atoms with van der Waals surface area (Å²) in [4.78, 5) is 1.44. The molecule has 1 aromatic carbocycles. The molecule has 0 spiro atoms. The number of fused-ring (bicyclic) bond motifs is 3. The second-order valence-electron chi connectivity index (χ2n) is 5.01. The number of aryl methyl sites for hydroxylation is 1. The number of hydrogen-bond acceptors (Lipinski definition) is 3. The summed E-state index contributed by atoms with van der Waals surface area (Å²) in [7, 11) is 0. The Balaban J connectivity index is 1.93. The summed E-state index contributed by atoms with van der Waals surface area (Å²) in [6.45, 7) is 3.20. The van der Waals surface area contributed by atoms with Gasteiger partial charge in [-0.2, -0.15) is 5.10 Å². The van der Waals surface area contributed by atoms with Gasteiger partial charge < -0.3 is 5.32 Å². The first-order valence-corrected chi connectivity index (χ1v) is 7.47. The zero-order valence-electron chi connectivity index (χ0n) is 10.8.